The average Bonchev–Trinajstić information content (AvgIpc) is 2.47. The van der Waals surface area contributed by atoms with Gasteiger partial charge in [-0.15, -0.1) is 0 Å². The number of benzene rings is 1. The average molecular weight is 283 g/mol. The maximum atomic E-state index is 9.57. The van der Waals surface area contributed by atoms with Crippen LogP contribution < -0.4 is 5.32 Å². The molecule has 0 bridgehead atoms. The third-order valence-corrected chi connectivity index (χ3v) is 5.15. The van der Waals surface area contributed by atoms with E-state index < -0.39 is 0 Å². The van der Waals surface area contributed by atoms with Crippen molar-refractivity contribution in [3.05, 3.63) is 35.9 Å². The van der Waals surface area contributed by atoms with Crippen molar-refractivity contribution >= 4 is 0 Å². The molecule has 1 heterocycles. The molecule has 1 N–H and O–H groups in total. The van der Waals surface area contributed by atoms with Crippen molar-refractivity contribution in [2.24, 2.45) is 5.92 Å². The summed E-state index contributed by atoms with van der Waals surface area (Å²) in [6, 6.07) is 13.3. The Morgan fingerprint density at radius 1 is 1.33 bits per heavy atom. The summed E-state index contributed by atoms with van der Waals surface area (Å²) in [6.07, 6.45) is 4.57. The molecule has 1 aliphatic carbocycles. The van der Waals surface area contributed by atoms with Crippen molar-refractivity contribution in [3.8, 4) is 6.07 Å². The molecule has 0 amide bonds. The molecule has 3 heteroatoms. The SMILES string of the molecule is CN1CCCC(CNC2CC(C#N)(c3ccccc3)C2)C1. The molecule has 1 unspecified atom stereocenters. The second kappa shape index (κ2) is 6.17. The Morgan fingerprint density at radius 2 is 2.10 bits per heavy atom. The highest BCUT2D eigenvalue weighted by atomic mass is 15.1. The summed E-state index contributed by atoms with van der Waals surface area (Å²) in [5.41, 5.74) is 0.936. The fourth-order valence-electron chi connectivity index (χ4n) is 3.85. The highest BCUT2D eigenvalue weighted by Gasteiger charge is 2.45. The number of rotatable bonds is 4. The Balaban J connectivity index is 1.50. The van der Waals surface area contributed by atoms with E-state index >= 15 is 0 Å². The van der Waals surface area contributed by atoms with E-state index in [0.717, 1.165) is 25.3 Å². The molecule has 1 saturated carbocycles. The molecule has 0 aromatic heterocycles. The zero-order valence-electron chi connectivity index (χ0n) is 12.9. The largest absolute Gasteiger partial charge is 0.314 e. The van der Waals surface area contributed by atoms with Gasteiger partial charge in [0.2, 0.25) is 0 Å². The predicted molar refractivity (Wildman–Crippen MR) is 85.0 cm³/mol. The fraction of sp³-hybridized carbons (Fsp3) is 0.611. The van der Waals surface area contributed by atoms with Crippen molar-refractivity contribution in [1.29, 1.82) is 5.26 Å². The van der Waals surface area contributed by atoms with Crippen LogP contribution in [0.15, 0.2) is 30.3 Å². The minimum absolute atomic E-state index is 0.248. The molecule has 3 nitrogen and oxygen atoms in total. The van der Waals surface area contributed by atoms with Gasteiger partial charge in [-0.25, -0.2) is 0 Å². The monoisotopic (exact) mass is 283 g/mol. The van der Waals surface area contributed by atoms with E-state index in [-0.39, 0.29) is 5.41 Å². The molecule has 112 valence electrons. The molecule has 2 aliphatic rings. The van der Waals surface area contributed by atoms with Gasteiger partial charge in [-0.2, -0.15) is 5.26 Å². The number of nitrogens with one attached hydrogen (secondary N) is 1. The van der Waals surface area contributed by atoms with Crippen molar-refractivity contribution in [3.63, 3.8) is 0 Å². The first-order valence-corrected chi connectivity index (χ1v) is 8.10. The summed E-state index contributed by atoms with van der Waals surface area (Å²) < 4.78 is 0. The Hall–Kier alpha value is -1.37. The first kappa shape index (κ1) is 14.6. The van der Waals surface area contributed by atoms with Gasteiger partial charge in [-0.3, -0.25) is 0 Å². The molecule has 1 aliphatic heterocycles. The van der Waals surface area contributed by atoms with E-state index in [9.17, 15) is 5.26 Å². The zero-order chi connectivity index (χ0) is 14.7. The lowest BCUT2D eigenvalue weighted by Crippen LogP contribution is -2.52. The predicted octanol–water partition coefficient (Wildman–Crippen LogP) is 2.54. The Kier molecular flexibility index (Phi) is 4.28. The van der Waals surface area contributed by atoms with Crippen LogP contribution >= 0.6 is 0 Å². The van der Waals surface area contributed by atoms with Gasteiger partial charge in [-0.05, 0) is 57.3 Å². The summed E-state index contributed by atoms with van der Waals surface area (Å²) in [4.78, 5) is 2.43. The normalized spacial score (nSPS) is 33.1. The highest BCUT2D eigenvalue weighted by Crippen LogP contribution is 2.43. The van der Waals surface area contributed by atoms with E-state index in [1.54, 1.807) is 0 Å². The molecule has 1 aromatic carbocycles. The molecule has 1 aromatic rings. The number of hydrogen-bond acceptors (Lipinski definition) is 3. The van der Waals surface area contributed by atoms with Crippen molar-refractivity contribution < 1.29 is 0 Å². The number of nitriles is 1. The Morgan fingerprint density at radius 3 is 2.76 bits per heavy atom. The maximum absolute atomic E-state index is 9.57. The lowest BCUT2D eigenvalue weighted by molar-refractivity contribution is 0.176. The van der Waals surface area contributed by atoms with Gasteiger partial charge < -0.3 is 10.2 Å². The van der Waals surface area contributed by atoms with Crippen LogP contribution in [0, 0.1) is 17.2 Å². The topological polar surface area (TPSA) is 39.1 Å². The third kappa shape index (κ3) is 3.12. The quantitative estimate of drug-likeness (QED) is 0.923. The minimum atomic E-state index is -0.248. The number of nitrogens with zero attached hydrogens (tertiary/aromatic N) is 2. The summed E-state index contributed by atoms with van der Waals surface area (Å²) in [7, 11) is 2.21. The van der Waals surface area contributed by atoms with Crippen LogP contribution in [0.2, 0.25) is 0 Å². The van der Waals surface area contributed by atoms with Gasteiger partial charge in [0.15, 0.2) is 0 Å². The first-order valence-electron chi connectivity index (χ1n) is 8.10. The van der Waals surface area contributed by atoms with Gasteiger partial charge in [-0.1, -0.05) is 30.3 Å². The molecule has 21 heavy (non-hydrogen) atoms. The van der Waals surface area contributed by atoms with Crippen LogP contribution in [0.3, 0.4) is 0 Å². The number of hydrogen-bond donors (Lipinski definition) is 1. The highest BCUT2D eigenvalue weighted by molar-refractivity contribution is 5.36. The molecule has 0 radical (unpaired) electrons. The molecule has 2 fully saturated rings. The van der Waals surface area contributed by atoms with Gasteiger partial charge in [0.1, 0.15) is 0 Å². The van der Waals surface area contributed by atoms with Crippen LogP contribution in [0.5, 0.6) is 0 Å². The van der Waals surface area contributed by atoms with Crippen molar-refractivity contribution in [2.75, 3.05) is 26.7 Å². The minimum Gasteiger partial charge on any atom is -0.314 e. The molecule has 0 spiro atoms. The van der Waals surface area contributed by atoms with Crippen LogP contribution in [-0.4, -0.2) is 37.6 Å². The molecule has 1 saturated heterocycles. The van der Waals surface area contributed by atoms with Crippen LogP contribution in [0.4, 0.5) is 0 Å². The van der Waals surface area contributed by atoms with E-state index in [2.05, 4.69) is 35.5 Å². The van der Waals surface area contributed by atoms with Gasteiger partial charge in [0.25, 0.3) is 0 Å². The molecule has 3 rings (SSSR count). The fourth-order valence-corrected chi connectivity index (χ4v) is 3.85. The van der Waals surface area contributed by atoms with E-state index in [0.29, 0.717) is 6.04 Å². The maximum Gasteiger partial charge on any atom is 0.0852 e. The van der Waals surface area contributed by atoms with Crippen LogP contribution in [0.1, 0.15) is 31.2 Å². The Bertz CT molecular complexity index is 499. The molecular weight excluding hydrogens is 258 g/mol. The lowest BCUT2D eigenvalue weighted by Gasteiger charge is -2.44. The third-order valence-electron chi connectivity index (χ3n) is 5.15. The summed E-state index contributed by atoms with van der Waals surface area (Å²) in [5, 5.41) is 13.3. The second-order valence-electron chi connectivity index (χ2n) is 6.84. The van der Waals surface area contributed by atoms with E-state index in [4.69, 9.17) is 0 Å². The standard InChI is InChI=1S/C18H25N3/c1-21-9-5-6-15(13-21)12-20-17-10-18(11-17,14-19)16-7-3-2-4-8-16/h2-4,7-8,15,17,20H,5-6,9-13H2,1H3. The Labute approximate surface area is 128 Å². The van der Waals surface area contributed by atoms with Crippen LogP contribution in [-0.2, 0) is 5.41 Å². The zero-order valence-corrected chi connectivity index (χ0v) is 12.9. The van der Waals surface area contributed by atoms with Crippen LogP contribution in [0.25, 0.3) is 0 Å². The summed E-state index contributed by atoms with van der Waals surface area (Å²) >= 11 is 0. The van der Waals surface area contributed by atoms with E-state index in [1.165, 1.54) is 31.5 Å². The van der Waals surface area contributed by atoms with Gasteiger partial charge in [0.05, 0.1) is 11.5 Å². The summed E-state index contributed by atoms with van der Waals surface area (Å²) in [6.45, 7) is 3.55. The molecular formula is C18H25N3. The smallest absolute Gasteiger partial charge is 0.0852 e. The number of piperidine rings is 1. The second-order valence-corrected chi connectivity index (χ2v) is 6.84. The lowest BCUT2D eigenvalue weighted by atomic mass is 9.62. The van der Waals surface area contributed by atoms with Crippen molar-refractivity contribution in [1.82, 2.24) is 10.2 Å². The van der Waals surface area contributed by atoms with Gasteiger partial charge >= 0.3 is 0 Å². The van der Waals surface area contributed by atoms with Gasteiger partial charge in [0, 0.05) is 12.6 Å². The first-order chi connectivity index (χ1) is 10.2. The van der Waals surface area contributed by atoms with Crippen molar-refractivity contribution in [2.45, 2.75) is 37.1 Å². The van der Waals surface area contributed by atoms with E-state index in [1.807, 2.05) is 18.2 Å². The molecule has 1 atom stereocenters. The summed E-state index contributed by atoms with van der Waals surface area (Å²) in [5.74, 6) is 0.776. The number of likely N-dealkylation sites (tertiary alicyclic amines) is 1.